The minimum Gasteiger partial charge on any atom is -0.481 e. The Morgan fingerprint density at radius 3 is 2.30 bits per heavy atom. The average Bonchev–Trinajstić information content (AvgIpc) is 2.86. The lowest BCUT2D eigenvalue weighted by Crippen LogP contribution is -2.42. The maximum absolute atomic E-state index is 13.6. The lowest BCUT2D eigenvalue weighted by Gasteiger charge is -2.34. The summed E-state index contributed by atoms with van der Waals surface area (Å²) in [5.74, 6) is -2.48. The molecule has 212 valence electrons. The molecule has 5 nitrogen and oxygen atoms in total. The van der Waals surface area contributed by atoms with Crippen molar-refractivity contribution in [1.29, 1.82) is 0 Å². The molecule has 1 unspecified atom stereocenters. The van der Waals surface area contributed by atoms with Crippen LogP contribution in [-0.2, 0) is 33.6 Å². The Balaban J connectivity index is 1.84. The molecule has 0 saturated carbocycles. The number of halogens is 7. The second-order valence-corrected chi connectivity index (χ2v) is 11.4. The summed E-state index contributed by atoms with van der Waals surface area (Å²) in [5.41, 5.74) is -1.76. The van der Waals surface area contributed by atoms with Gasteiger partial charge in [0.25, 0.3) is 10.0 Å². The van der Waals surface area contributed by atoms with Crippen LogP contribution >= 0.6 is 11.6 Å². The standard InChI is InChI=1S/C27H20ClF6NO4S/c1-15(24-21(27(32,33)34)6-3-7-22(24)28)10-16-8-9-17-12-18(25(36)37)14-35(23(17)11-16)40(38,39)20-5-2-4-19(13-20)26(29,30)31/h2-11,13,18H,12,14H2,1H3,(H,36,37)/b15-10+. The van der Waals surface area contributed by atoms with Crippen molar-refractivity contribution in [3.8, 4) is 0 Å². The maximum Gasteiger partial charge on any atom is 0.417 e. The molecule has 0 bridgehead atoms. The zero-order valence-electron chi connectivity index (χ0n) is 20.5. The van der Waals surface area contributed by atoms with E-state index in [2.05, 4.69) is 0 Å². The van der Waals surface area contributed by atoms with Crippen molar-refractivity contribution < 1.29 is 44.7 Å². The number of benzene rings is 3. The number of alkyl halides is 6. The van der Waals surface area contributed by atoms with Crippen molar-refractivity contribution >= 4 is 44.9 Å². The van der Waals surface area contributed by atoms with E-state index in [1.807, 2.05) is 0 Å². The Labute approximate surface area is 230 Å². The molecule has 1 heterocycles. The Morgan fingerprint density at radius 1 is 1.00 bits per heavy atom. The highest BCUT2D eigenvalue weighted by molar-refractivity contribution is 7.92. The van der Waals surface area contributed by atoms with Gasteiger partial charge in [-0.2, -0.15) is 26.3 Å². The number of allylic oxidation sites excluding steroid dienone is 1. The number of fused-ring (bicyclic) bond motifs is 1. The highest BCUT2D eigenvalue weighted by atomic mass is 35.5. The van der Waals surface area contributed by atoms with Gasteiger partial charge in [0.05, 0.1) is 27.6 Å². The van der Waals surface area contributed by atoms with Gasteiger partial charge < -0.3 is 5.11 Å². The van der Waals surface area contributed by atoms with Gasteiger partial charge in [0.1, 0.15) is 0 Å². The number of carboxylic acid groups (broad SMARTS) is 1. The van der Waals surface area contributed by atoms with Crippen molar-refractivity contribution in [1.82, 2.24) is 0 Å². The van der Waals surface area contributed by atoms with Gasteiger partial charge in [-0.3, -0.25) is 9.10 Å². The molecule has 1 atom stereocenters. The van der Waals surface area contributed by atoms with E-state index in [1.54, 1.807) is 0 Å². The molecule has 1 aliphatic rings. The molecular formula is C27H20ClF6NO4S. The number of aliphatic carboxylic acids is 1. The van der Waals surface area contributed by atoms with Gasteiger partial charge in [0.15, 0.2) is 0 Å². The van der Waals surface area contributed by atoms with Crippen LogP contribution < -0.4 is 4.31 Å². The second kappa shape index (κ2) is 10.5. The lowest BCUT2D eigenvalue weighted by molar-refractivity contribution is -0.141. The average molecular weight is 604 g/mol. The molecule has 1 N–H and O–H groups in total. The number of nitrogens with zero attached hydrogens (tertiary/aromatic N) is 1. The van der Waals surface area contributed by atoms with Crippen molar-refractivity contribution in [2.45, 2.75) is 30.6 Å². The van der Waals surface area contributed by atoms with E-state index in [4.69, 9.17) is 11.6 Å². The van der Waals surface area contributed by atoms with Gasteiger partial charge >= 0.3 is 18.3 Å². The third-order valence-corrected chi connectivity index (χ3v) is 8.52. The predicted octanol–water partition coefficient (Wildman–Crippen LogP) is 7.39. The number of carboxylic acids is 1. The van der Waals surface area contributed by atoms with Crippen LogP contribution in [0.3, 0.4) is 0 Å². The molecule has 13 heteroatoms. The van der Waals surface area contributed by atoms with Crippen LogP contribution in [0.25, 0.3) is 11.6 Å². The van der Waals surface area contributed by atoms with Crippen molar-refractivity contribution in [2.24, 2.45) is 5.92 Å². The van der Waals surface area contributed by atoms with E-state index in [0.29, 0.717) is 12.1 Å². The summed E-state index contributed by atoms with van der Waals surface area (Å²) < 4.78 is 109. The summed E-state index contributed by atoms with van der Waals surface area (Å²) in [4.78, 5) is 11.1. The van der Waals surface area contributed by atoms with E-state index >= 15 is 0 Å². The molecule has 4 rings (SSSR count). The van der Waals surface area contributed by atoms with Gasteiger partial charge in [-0.1, -0.05) is 41.9 Å². The van der Waals surface area contributed by atoms with Crippen LogP contribution in [-0.4, -0.2) is 26.0 Å². The fourth-order valence-electron chi connectivity index (χ4n) is 4.54. The summed E-state index contributed by atoms with van der Waals surface area (Å²) in [6.07, 6.45) is -8.23. The minimum atomic E-state index is -4.82. The highest BCUT2D eigenvalue weighted by Crippen LogP contribution is 2.40. The molecule has 0 saturated heterocycles. The van der Waals surface area contributed by atoms with Crippen LogP contribution in [0.4, 0.5) is 32.0 Å². The van der Waals surface area contributed by atoms with E-state index in [9.17, 15) is 44.7 Å². The van der Waals surface area contributed by atoms with Gasteiger partial charge in [-0.25, -0.2) is 8.42 Å². The van der Waals surface area contributed by atoms with Crippen LogP contribution in [0, 0.1) is 5.92 Å². The van der Waals surface area contributed by atoms with Crippen molar-refractivity contribution in [3.63, 3.8) is 0 Å². The summed E-state index contributed by atoms with van der Waals surface area (Å²) in [6.45, 7) is 0.837. The minimum absolute atomic E-state index is 0.00617. The van der Waals surface area contributed by atoms with E-state index < -0.39 is 56.8 Å². The zero-order chi connectivity index (χ0) is 29.6. The molecule has 0 spiro atoms. The van der Waals surface area contributed by atoms with Gasteiger partial charge in [-0.15, -0.1) is 0 Å². The molecule has 0 radical (unpaired) electrons. The molecule has 0 aliphatic carbocycles. The van der Waals surface area contributed by atoms with Crippen LogP contribution in [0.2, 0.25) is 5.02 Å². The Bertz CT molecular complexity index is 1620. The highest BCUT2D eigenvalue weighted by Gasteiger charge is 2.38. The van der Waals surface area contributed by atoms with Crippen LogP contribution in [0.15, 0.2) is 65.6 Å². The maximum atomic E-state index is 13.6. The number of hydrogen-bond acceptors (Lipinski definition) is 3. The molecule has 3 aromatic rings. The largest absolute Gasteiger partial charge is 0.481 e. The van der Waals surface area contributed by atoms with E-state index in [-0.39, 0.29) is 39.4 Å². The van der Waals surface area contributed by atoms with Crippen LogP contribution in [0.1, 0.15) is 34.7 Å². The molecule has 0 amide bonds. The van der Waals surface area contributed by atoms with E-state index in [0.717, 1.165) is 28.6 Å². The summed E-state index contributed by atoms with van der Waals surface area (Å²) >= 11 is 6.09. The molecule has 0 aromatic heterocycles. The number of rotatable bonds is 5. The number of hydrogen-bond donors (Lipinski definition) is 1. The quantitative estimate of drug-likeness (QED) is 0.244. The summed E-state index contributed by atoms with van der Waals surface area (Å²) in [6, 6.07) is 10.7. The zero-order valence-corrected chi connectivity index (χ0v) is 22.1. The smallest absolute Gasteiger partial charge is 0.417 e. The molecule has 3 aromatic carbocycles. The van der Waals surface area contributed by atoms with Gasteiger partial charge in [0, 0.05) is 17.1 Å². The van der Waals surface area contributed by atoms with Crippen molar-refractivity contribution in [2.75, 3.05) is 10.8 Å². The molecule has 1 aliphatic heterocycles. The first-order chi connectivity index (χ1) is 18.5. The molecular weight excluding hydrogens is 584 g/mol. The first-order valence-corrected chi connectivity index (χ1v) is 13.4. The van der Waals surface area contributed by atoms with Gasteiger partial charge in [-0.05, 0) is 66.4 Å². The SMILES string of the molecule is C/C(=C\c1ccc2c(c1)N(S(=O)(=O)c1cccc(C(F)(F)F)c1)CC(C(=O)O)C2)c1c(Cl)cccc1C(F)(F)F. The Hall–Kier alpha value is -3.51. The fraction of sp³-hybridized carbons (Fsp3) is 0.222. The first-order valence-electron chi connectivity index (χ1n) is 11.6. The monoisotopic (exact) mass is 603 g/mol. The number of sulfonamides is 1. The molecule has 40 heavy (non-hydrogen) atoms. The molecule has 0 fully saturated rings. The lowest BCUT2D eigenvalue weighted by atomic mass is 9.92. The first kappa shape index (κ1) is 29.5. The predicted molar refractivity (Wildman–Crippen MR) is 137 cm³/mol. The van der Waals surface area contributed by atoms with Crippen molar-refractivity contribution in [3.05, 3.63) is 93.5 Å². The van der Waals surface area contributed by atoms with E-state index in [1.165, 1.54) is 37.3 Å². The van der Waals surface area contributed by atoms with Gasteiger partial charge in [0.2, 0.25) is 0 Å². The van der Waals surface area contributed by atoms with Crippen LogP contribution in [0.5, 0.6) is 0 Å². The fourth-order valence-corrected chi connectivity index (χ4v) is 6.45. The Morgan fingerprint density at radius 2 is 1.68 bits per heavy atom. The number of carbonyl (C=O) groups is 1. The number of anilines is 1. The summed E-state index contributed by atoms with van der Waals surface area (Å²) in [5, 5.41) is 9.45. The third-order valence-electron chi connectivity index (χ3n) is 6.43. The Kier molecular flexibility index (Phi) is 7.72. The third kappa shape index (κ3) is 5.83. The summed E-state index contributed by atoms with van der Waals surface area (Å²) in [7, 11) is -4.68. The normalized spacial score (nSPS) is 16.6. The topological polar surface area (TPSA) is 74.7 Å². The second-order valence-electron chi connectivity index (χ2n) is 9.18.